The van der Waals surface area contributed by atoms with Crippen molar-refractivity contribution in [1.82, 2.24) is 5.32 Å². The van der Waals surface area contributed by atoms with E-state index in [4.69, 9.17) is 27.7 Å². The van der Waals surface area contributed by atoms with Crippen molar-refractivity contribution in [2.24, 2.45) is 17.2 Å². The molecule has 0 saturated heterocycles. The van der Waals surface area contributed by atoms with Gasteiger partial charge in [-0.05, 0) is 32.1 Å². The van der Waals surface area contributed by atoms with Gasteiger partial charge in [-0.1, -0.05) is 0 Å². The molecular weight excluding hydrogens is 222 g/mol. The van der Waals surface area contributed by atoms with Gasteiger partial charge in [0.15, 0.2) is 5.96 Å². The number of hydrogen-bond acceptors (Lipinski definition) is 4. The van der Waals surface area contributed by atoms with Crippen molar-refractivity contribution < 1.29 is 9.90 Å². The second-order valence-electron chi connectivity index (χ2n) is 4.12. The lowest BCUT2D eigenvalue weighted by molar-refractivity contribution is -0.138. The van der Waals surface area contributed by atoms with Gasteiger partial charge in [0, 0.05) is 12.6 Å². The summed E-state index contributed by atoms with van der Waals surface area (Å²) < 4.78 is 0. The van der Waals surface area contributed by atoms with E-state index in [1.54, 1.807) is 0 Å². The summed E-state index contributed by atoms with van der Waals surface area (Å²) >= 11 is 0. The number of nitrogens with one attached hydrogen (secondary N) is 2. The first kappa shape index (κ1) is 15.7. The monoisotopic (exact) mass is 245 g/mol. The zero-order valence-electron chi connectivity index (χ0n) is 9.98. The van der Waals surface area contributed by atoms with Gasteiger partial charge in [-0.25, -0.2) is 0 Å². The molecule has 0 aliphatic heterocycles. The quantitative estimate of drug-likeness (QED) is 0.177. The van der Waals surface area contributed by atoms with E-state index in [2.05, 4.69) is 5.32 Å². The molecule has 0 amide bonds. The van der Waals surface area contributed by atoms with Gasteiger partial charge in [0.25, 0.3) is 0 Å². The Balaban J connectivity index is 3.43. The number of hydrogen-bond donors (Lipinski definition) is 6. The minimum absolute atomic E-state index is 0.0361. The number of carbonyl (C=O) groups is 1. The van der Waals surface area contributed by atoms with E-state index < -0.39 is 12.0 Å². The van der Waals surface area contributed by atoms with Crippen molar-refractivity contribution in [3.8, 4) is 0 Å². The van der Waals surface area contributed by atoms with E-state index in [9.17, 15) is 4.79 Å². The fraction of sp³-hybridized carbons (Fsp3) is 0.800. The SMILES string of the molecule is N=C(N)NCCCC(N)CCCC(N)C(=O)O. The highest BCUT2D eigenvalue weighted by molar-refractivity contribution is 5.74. The lowest BCUT2D eigenvalue weighted by Crippen LogP contribution is -2.32. The molecule has 100 valence electrons. The van der Waals surface area contributed by atoms with E-state index in [-0.39, 0.29) is 12.0 Å². The Bertz CT molecular complexity index is 247. The van der Waals surface area contributed by atoms with Crippen LogP contribution in [-0.2, 0) is 4.79 Å². The van der Waals surface area contributed by atoms with Crippen molar-refractivity contribution >= 4 is 11.9 Å². The lowest BCUT2D eigenvalue weighted by Gasteiger charge is -2.12. The molecule has 0 fully saturated rings. The minimum atomic E-state index is -0.968. The summed E-state index contributed by atoms with van der Waals surface area (Å²) in [5, 5.41) is 18.2. The Hall–Kier alpha value is -1.34. The number of nitrogens with two attached hydrogens (primary N) is 3. The predicted octanol–water partition coefficient (Wildman–Crippen LogP) is -0.841. The van der Waals surface area contributed by atoms with Gasteiger partial charge in [-0.2, -0.15) is 0 Å². The van der Waals surface area contributed by atoms with E-state index in [1.165, 1.54) is 0 Å². The molecule has 2 unspecified atom stereocenters. The third-order valence-corrected chi connectivity index (χ3v) is 2.47. The van der Waals surface area contributed by atoms with E-state index in [1.807, 2.05) is 0 Å². The molecule has 0 rings (SSSR count). The third kappa shape index (κ3) is 9.58. The second kappa shape index (κ2) is 8.77. The molecule has 0 aromatic rings. The molecule has 0 aromatic heterocycles. The van der Waals surface area contributed by atoms with Crippen molar-refractivity contribution in [2.75, 3.05) is 6.54 Å². The molecule has 17 heavy (non-hydrogen) atoms. The summed E-state index contributed by atoms with van der Waals surface area (Å²) in [7, 11) is 0. The zero-order chi connectivity index (χ0) is 13.3. The van der Waals surface area contributed by atoms with E-state index >= 15 is 0 Å². The van der Waals surface area contributed by atoms with Crippen LogP contribution in [-0.4, -0.2) is 35.7 Å². The predicted molar refractivity (Wildman–Crippen MR) is 66.6 cm³/mol. The number of guanidine groups is 1. The summed E-state index contributed by atoms with van der Waals surface area (Å²) in [5.74, 6) is -1.00. The standard InChI is InChI=1S/C10H23N5O2/c11-7(4-2-6-15-10(13)14)3-1-5-8(12)9(16)17/h7-8H,1-6,11-12H2,(H,16,17)(H4,13,14,15). The topological polar surface area (TPSA) is 151 Å². The van der Waals surface area contributed by atoms with E-state index in [0.717, 1.165) is 25.7 Å². The van der Waals surface area contributed by atoms with Crippen molar-refractivity contribution in [3.05, 3.63) is 0 Å². The van der Waals surface area contributed by atoms with Gasteiger partial charge in [-0.3, -0.25) is 10.2 Å². The average molecular weight is 245 g/mol. The molecule has 0 heterocycles. The summed E-state index contributed by atoms with van der Waals surface area (Å²) in [6, 6.07) is -0.744. The van der Waals surface area contributed by atoms with Crippen LogP contribution in [0.2, 0.25) is 0 Å². The highest BCUT2D eigenvalue weighted by Crippen LogP contribution is 2.06. The zero-order valence-corrected chi connectivity index (χ0v) is 9.98. The molecule has 0 bridgehead atoms. The molecule has 7 nitrogen and oxygen atoms in total. The molecule has 2 atom stereocenters. The molecule has 0 aromatic carbocycles. The number of carboxylic acids is 1. The number of rotatable bonds is 9. The highest BCUT2D eigenvalue weighted by atomic mass is 16.4. The van der Waals surface area contributed by atoms with Gasteiger partial charge in [0.2, 0.25) is 0 Å². The molecule has 9 N–H and O–H groups in total. The Morgan fingerprint density at radius 2 is 1.82 bits per heavy atom. The average Bonchev–Trinajstić information content (AvgIpc) is 2.23. The fourth-order valence-electron chi connectivity index (χ4n) is 1.46. The van der Waals surface area contributed by atoms with Gasteiger partial charge < -0.3 is 27.6 Å². The van der Waals surface area contributed by atoms with Crippen molar-refractivity contribution in [1.29, 1.82) is 5.41 Å². The van der Waals surface area contributed by atoms with Gasteiger partial charge in [0.05, 0.1) is 0 Å². The first-order valence-electron chi connectivity index (χ1n) is 5.75. The molecule has 0 saturated carbocycles. The normalized spacial score (nSPS) is 14.0. The number of carboxylic acid groups (broad SMARTS) is 1. The molecule has 7 heteroatoms. The van der Waals surface area contributed by atoms with Crippen molar-refractivity contribution in [3.63, 3.8) is 0 Å². The molecule has 0 spiro atoms. The largest absolute Gasteiger partial charge is 0.480 e. The maximum Gasteiger partial charge on any atom is 0.320 e. The van der Waals surface area contributed by atoms with Crippen LogP contribution in [0.15, 0.2) is 0 Å². The summed E-state index contributed by atoms with van der Waals surface area (Å²) in [4.78, 5) is 10.5. The fourth-order valence-corrected chi connectivity index (χ4v) is 1.46. The van der Waals surface area contributed by atoms with Gasteiger partial charge >= 0.3 is 5.97 Å². The van der Waals surface area contributed by atoms with Crippen LogP contribution in [0.25, 0.3) is 0 Å². The molecule has 0 radical (unpaired) electrons. The molecule has 0 aliphatic rings. The summed E-state index contributed by atoms with van der Waals surface area (Å²) in [6.45, 7) is 0.637. The van der Waals surface area contributed by atoms with Gasteiger partial charge in [-0.15, -0.1) is 0 Å². The highest BCUT2D eigenvalue weighted by Gasteiger charge is 2.11. The lowest BCUT2D eigenvalue weighted by atomic mass is 10.0. The maximum absolute atomic E-state index is 10.5. The first-order valence-corrected chi connectivity index (χ1v) is 5.75. The van der Waals surface area contributed by atoms with Crippen molar-refractivity contribution in [2.45, 2.75) is 44.2 Å². The second-order valence-corrected chi connectivity index (χ2v) is 4.12. The molecule has 0 aliphatic carbocycles. The summed E-state index contributed by atoms with van der Waals surface area (Å²) in [6.07, 6.45) is 3.60. The van der Waals surface area contributed by atoms with Crippen LogP contribution >= 0.6 is 0 Å². The van der Waals surface area contributed by atoms with Gasteiger partial charge in [0.1, 0.15) is 6.04 Å². The molecular formula is C10H23N5O2. The van der Waals surface area contributed by atoms with Crippen LogP contribution in [0.3, 0.4) is 0 Å². The number of aliphatic carboxylic acids is 1. The Morgan fingerprint density at radius 1 is 1.24 bits per heavy atom. The summed E-state index contributed by atoms with van der Waals surface area (Å²) in [5.41, 5.74) is 16.3. The Kier molecular flexibility index (Phi) is 8.08. The first-order chi connectivity index (χ1) is 7.93. The van der Waals surface area contributed by atoms with Crippen LogP contribution in [0, 0.1) is 5.41 Å². The Morgan fingerprint density at radius 3 is 2.35 bits per heavy atom. The smallest absolute Gasteiger partial charge is 0.320 e. The van der Waals surface area contributed by atoms with E-state index in [0.29, 0.717) is 13.0 Å². The maximum atomic E-state index is 10.5. The minimum Gasteiger partial charge on any atom is -0.480 e. The van der Waals surface area contributed by atoms with Crippen LogP contribution in [0.4, 0.5) is 0 Å². The third-order valence-electron chi connectivity index (χ3n) is 2.47. The van der Waals surface area contributed by atoms with Crippen LogP contribution in [0.5, 0.6) is 0 Å². The Labute approximate surface area is 101 Å². The van der Waals surface area contributed by atoms with Crippen LogP contribution < -0.4 is 22.5 Å². The van der Waals surface area contributed by atoms with Crippen LogP contribution in [0.1, 0.15) is 32.1 Å².